The highest BCUT2D eigenvalue weighted by atomic mass is 15.0. The lowest BCUT2D eigenvalue weighted by Crippen LogP contribution is -2.34. The molecular formula is C19H25N. The van der Waals surface area contributed by atoms with Crippen LogP contribution in [-0.2, 0) is 0 Å². The van der Waals surface area contributed by atoms with Gasteiger partial charge in [0.25, 0.3) is 0 Å². The molecule has 0 aromatic heterocycles. The van der Waals surface area contributed by atoms with Crippen molar-refractivity contribution in [2.24, 2.45) is 5.41 Å². The Balaban J connectivity index is 2.22. The zero-order valence-corrected chi connectivity index (χ0v) is 12.9. The van der Waals surface area contributed by atoms with Crippen LogP contribution in [0.25, 0.3) is 0 Å². The van der Waals surface area contributed by atoms with Gasteiger partial charge in [-0.05, 0) is 23.5 Å². The monoisotopic (exact) mass is 267 g/mol. The van der Waals surface area contributed by atoms with Crippen LogP contribution in [-0.4, -0.2) is 0 Å². The number of rotatable bonds is 4. The molecule has 0 radical (unpaired) electrons. The predicted octanol–water partition coefficient (Wildman–Crippen LogP) is 5.12. The minimum Gasteiger partial charge on any atom is -0.303 e. The van der Waals surface area contributed by atoms with E-state index in [1.54, 1.807) is 0 Å². The first-order valence-corrected chi connectivity index (χ1v) is 7.34. The molecule has 0 spiro atoms. The lowest BCUT2D eigenvalue weighted by molar-refractivity contribution is 0.254. The molecule has 0 saturated heterocycles. The van der Waals surface area contributed by atoms with Gasteiger partial charge in [0.1, 0.15) is 0 Å². The number of hydrogen-bond donors (Lipinski definition) is 1. The third kappa shape index (κ3) is 3.71. The van der Waals surface area contributed by atoms with Gasteiger partial charge in [-0.1, -0.05) is 81.4 Å². The molecule has 2 unspecified atom stereocenters. The van der Waals surface area contributed by atoms with E-state index in [1.807, 2.05) is 0 Å². The Bertz CT molecular complexity index is 510. The molecule has 2 atom stereocenters. The summed E-state index contributed by atoms with van der Waals surface area (Å²) in [5, 5.41) is 3.79. The molecule has 2 rings (SSSR count). The maximum Gasteiger partial charge on any atom is 0.0374 e. The van der Waals surface area contributed by atoms with Gasteiger partial charge in [-0.3, -0.25) is 0 Å². The fourth-order valence-electron chi connectivity index (χ4n) is 2.58. The highest BCUT2D eigenvalue weighted by Gasteiger charge is 2.27. The summed E-state index contributed by atoms with van der Waals surface area (Å²) < 4.78 is 0. The molecule has 1 heteroatoms. The zero-order valence-electron chi connectivity index (χ0n) is 12.9. The molecule has 1 nitrogen and oxygen atoms in total. The van der Waals surface area contributed by atoms with Gasteiger partial charge in [0.15, 0.2) is 0 Å². The summed E-state index contributed by atoms with van der Waals surface area (Å²) in [6, 6.07) is 22.0. The second kappa shape index (κ2) is 6.23. The van der Waals surface area contributed by atoms with Crippen LogP contribution < -0.4 is 5.32 Å². The number of benzene rings is 2. The van der Waals surface area contributed by atoms with Gasteiger partial charge in [0, 0.05) is 12.1 Å². The average molecular weight is 267 g/mol. The van der Waals surface area contributed by atoms with Crippen molar-refractivity contribution in [2.75, 3.05) is 0 Å². The first-order chi connectivity index (χ1) is 9.48. The lowest BCUT2D eigenvalue weighted by Gasteiger charge is -2.34. The van der Waals surface area contributed by atoms with Gasteiger partial charge in [-0.2, -0.15) is 0 Å². The molecule has 1 N–H and O–H groups in total. The summed E-state index contributed by atoms with van der Waals surface area (Å²) >= 11 is 0. The van der Waals surface area contributed by atoms with Crippen LogP contribution in [0.15, 0.2) is 60.7 Å². The molecule has 2 aromatic rings. The van der Waals surface area contributed by atoms with E-state index in [0.717, 1.165) is 0 Å². The lowest BCUT2D eigenvalue weighted by atomic mass is 9.81. The van der Waals surface area contributed by atoms with Crippen molar-refractivity contribution in [3.05, 3.63) is 71.8 Å². The zero-order chi connectivity index (χ0) is 14.6. The summed E-state index contributed by atoms with van der Waals surface area (Å²) in [7, 11) is 0. The molecular weight excluding hydrogens is 242 g/mol. The number of hydrogen-bond acceptors (Lipinski definition) is 1. The summed E-state index contributed by atoms with van der Waals surface area (Å²) in [5.74, 6) is 0. The van der Waals surface area contributed by atoms with Crippen LogP contribution in [0.1, 0.15) is 50.9 Å². The summed E-state index contributed by atoms with van der Waals surface area (Å²) in [4.78, 5) is 0. The quantitative estimate of drug-likeness (QED) is 0.810. The molecule has 0 bridgehead atoms. The first kappa shape index (κ1) is 14.8. The van der Waals surface area contributed by atoms with E-state index in [4.69, 9.17) is 0 Å². The Morgan fingerprint density at radius 1 is 0.750 bits per heavy atom. The Morgan fingerprint density at radius 2 is 1.20 bits per heavy atom. The predicted molar refractivity (Wildman–Crippen MR) is 86.6 cm³/mol. The Morgan fingerprint density at radius 3 is 1.65 bits per heavy atom. The third-order valence-electron chi connectivity index (χ3n) is 3.72. The van der Waals surface area contributed by atoms with E-state index in [1.165, 1.54) is 11.1 Å². The highest BCUT2D eigenvalue weighted by molar-refractivity contribution is 5.23. The normalized spacial score (nSPS) is 14.8. The molecule has 106 valence electrons. The Labute approximate surface area is 123 Å². The van der Waals surface area contributed by atoms with Crippen molar-refractivity contribution >= 4 is 0 Å². The van der Waals surface area contributed by atoms with Gasteiger partial charge in [-0.25, -0.2) is 0 Å². The third-order valence-corrected chi connectivity index (χ3v) is 3.72. The largest absolute Gasteiger partial charge is 0.303 e. The molecule has 0 saturated carbocycles. The SMILES string of the molecule is CC(NC(c1ccccc1)C(C)(C)C)c1ccccc1. The van der Waals surface area contributed by atoms with Gasteiger partial charge >= 0.3 is 0 Å². The molecule has 0 heterocycles. The highest BCUT2D eigenvalue weighted by Crippen LogP contribution is 2.34. The second-order valence-electron chi connectivity index (χ2n) is 6.51. The number of nitrogens with one attached hydrogen (secondary N) is 1. The molecule has 0 fully saturated rings. The Kier molecular flexibility index (Phi) is 4.61. The fraction of sp³-hybridized carbons (Fsp3) is 0.368. The standard InChI is InChI=1S/C19H25N/c1-15(16-11-7-5-8-12-16)20-18(19(2,3)4)17-13-9-6-10-14-17/h5-15,18,20H,1-4H3. The molecule has 0 amide bonds. The van der Waals surface area contributed by atoms with Crippen molar-refractivity contribution in [1.82, 2.24) is 5.32 Å². The fourth-order valence-corrected chi connectivity index (χ4v) is 2.58. The van der Waals surface area contributed by atoms with Crippen LogP contribution >= 0.6 is 0 Å². The topological polar surface area (TPSA) is 12.0 Å². The van der Waals surface area contributed by atoms with E-state index in [9.17, 15) is 0 Å². The van der Waals surface area contributed by atoms with Gasteiger partial charge < -0.3 is 5.32 Å². The molecule has 0 aliphatic rings. The summed E-state index contributed by atoms with van der Waals surface area (Å²) in [6.45, 7) is 9.09. The van der Waals surface area contributed by atoms with Gasteiger partial charge in [0.2, 0.25) is 0 Å². The van der Waals surface area contributed by atoms with Crippen molar-refractivity contribution in [2.45, 2.75) is 39.8 Å². The molecule has 20 heavy (non-hydrogen) atoms. The minimum absolute atomic E-state index is 0.171. The van der Waals surface area contributed by atoms with Crippen LogP contribution in [0.3, 0.4) is 0 Å². The van der Waals surface area contributed by atoms with Crippen molar-refractivity contribution in [1.29, 1.82) is 0 Å². The average Bonchev–Trinajstić information content (AvgIpc) is 2.45. The van der Waals surface area contributed by atoms with E-state index in [-0.39, 0.29) is 5.41 Å². The molecule has 2 aromatic carbocycles. The van der Waals surface area contributed by atoms with E-state index >= 15 is 0 Å². The van der Waals surface area contributed by atoms with Crippen molar-refractivity contribution in [3.8, 4) is 0 Å². The van der Waals surface area contributed by atoms with Crippen molar-refractivity contribution in [3.63, 3.8) is 0 Å². The minimum atomic E-state index is 0.171. The van der Waals surface area contributed by atoms with E-state index in [0.29, 0.717) is 12.1 Å². The van der Waals surface area contributed by atoms with Crippen LogP contribution in [0, 0.1) is 5.41 Å². The van der Waals surface area contributed by atoms with E-state index < -0.39 is 0 Å². The maximum atomic E-state index is 3.79. The van der Waals surface area contributed by atoms with Crippen LogP contribution in [0.4, 0.5) is 0 Å². The summed E-state index contributed by atoms with van der Waals surface area (Å²) in [6.07, 6.45) is 0. The maximum absolute atomic E-state index is 3.79. The smallest absolute Gasteiger partial charge is 0.0374 e. The van der Waals surface area contributed by atoms with Gasteiger partial charge in [0.05, 0.1) is 0 Å². The van der Waals surface area contributed by atoms with E-state index in [2.05, 4.69) is 93.7 Å². The van der Waals surface area contributed by atoms with Crippen molar-refractivity contribution < 1.29 is 0 Å². The second-order valence-corrected chi connectivity index (χ2v) is 6.51. The summed E-state index contributed by atoms with van der Waals surface area (Å²) in [5.41, 5.74) is 2.85. The van der Waals surface area contributed by atoms with Crippen LogP contribution in [0.5, 0.6) is 0 Å². The van der Waals surface area contributed by atoms with Crippen LogP contribution in [0.2, 0.25) is 0 Å². The molecule has 0 aliphatic carbocycles. The van der Waals surface area contributed by atoms with Gasteiger partial charge in [-0.15, -0.1) is 0 Å². The first-order valence-electron chi connectivity index (χ1n) is 7.34. The Hall–Kier alpha value is -1.60. The molecule has 0 aliphatic heterocycles.